The Kier molecular flexibility index (Phi) is 6.31. The van der Waals surface area contributed by atoms with Crippen LogP contribution in [0.4, 0.5) is 5.69 Å². The maximum Gasteiger partial charge on any atom is 0.243 e. The number of aryl methyl sites for hydroxylation is 1. The van der Waals surface area contributed by atoms with Crippen molar-refractivity contribution in [3.63, 3.8) is 0 Å². The zero-order valence-electron chi connectivity index (χ0n) is 20.6. The molecule has 2 aliphatic rings. The number of hydrogen-bond acceptors (Lipinski definition) is 3. The lowest BCUT2D eigenvalue weighted by Gasteiger charge is -2.39. The second-order valence-corrected chi connectivity index (χ2v) is 12.4. The summed E-state index contributed by atoms with van der Waals surface area (Å²) in [5.74, 6) is 0.0694. The number of rotatable bonds is 5. The van der Waals surface area contributed by atoms with Gasteiger partial charge in [0.1, 0.15) is 0 Å². The molecule has 6 rings (SSSR count). The second-order valence-electron chi connectivity index (χ2n) is 10.1. The van der Waals surface area contributed by atoms with E-state index in [1.54, 1.807) is 16.4 Å². The number of anilines is 1. The maximum atomic E-state index is 14.1. The Morgan fingerprint density at radius 1 is 0.892 bits per heavy atom. The molecule has 4 nitrogen and oxygen atoms in total. The number of nitrogens with one attached hydrogen (secondary N) is 1. The third kappa shape index (κ3) is 4.46. The van der Waals surface area contributed by atoms with E-state index in [0.717, 1.165) is 22.4 Å². The second kappa shape index (κ2) is 9.64. The molecular formula is C31H29ClN2O2S. The summed E-state index contributed by atoms with van der Waals surface area (Å²) in [5.41, 5.74) is 5.47. The molecule has 6 heteroatoms. The molecule has 0 aromatic heterocycles. The van der Waals surface area contributed by atoms with Crippen molar-refractivity contribution in [2.75, 3.05) is 11.9 Å². The highest BCUT2D eigenvalue weighted by molar-refractivity contribution is 7.89. The van der Waals surface area contributed by atoms with Gasteiger partial charge in [-0.2, -0.15) is 4.31 Å². The Bertz CT molecular complexity index is 1510. The van der Waals surface area contributed by atoms with Crippen molar-refractivity contribution in [1.82, 2.24) is 4.31 Å². The standard InChI is InChI=1S/C31H29ClN2O2S/c1-21-12-15-25(16-13-21)37(35,36)34-20-27-30(23-10-6-3-7-11-23)26-19-24(32)14-17-28(26)33-31(27)29(34)18-22-8-4-2-5-9-22/h2-17,19,27,29-31,33H,18,20H2,1H3. The van der Waals surface area contributed by atoms with Gasteiger partial charge in [-0.1, -0.05) is 90.0 Å². The lowest BCUT2D eigenvalue weighted by molar-refractivity contribution is 0.375. The van der Waals surface area contributed by atoms with Gasteiger partial charge in [-0.15, -0.1) is 0 Å². The monoisotopic (exact) mass is 528 g/mol. The van der Waals surface area contributed by atoms with Crippen molar-refractivity contribution >= 4 is 27.3 Å². The molecule has 4 atom stereocenters. The number of hydrogen-bond donors (Lipinski definition) is 1. The van der Waals surface area contributed by atoms with Crippen molar-refractivity contribution in [1.29, 1.82) is 0 Å². The number of fused-ring (bicyclic) bond motifs is 2. The molecule has 0 saturated carbocycles. The van der Waals surface area contributed by atoms with E-state index in [9.17, 15) is 8.42 Å². The van der Waals surface area contributed by atoms with Gasteiger partial charge in [0, 0.05) is 41.2 Å². The summed E-state index contributed by atoms with van der Waals surface area (Å²) in [6, 6.07) is 33.4. The van der Waals surface area contributed by atoms with Gasteiger partial charge in [-0.3, -0.25) is 0 Å². The molecule has 2 aliphatic heterocycles. The van der Waals surface area contributed by atoms with Gasteiger partial charge >= 0.3 is 0 Å². The molecule has 0 aliphatic carbocycles. The van der Waals surface area contributed by atoms with Crippen molar-refractivity contribution in [2.24, 2.45) is 5.92 Å². The van der Waals surface area contributed by atoms with Gasteiger partial charge in [-0.25, -0.2) is 8.42 Å². The summed E-state index contributed by atoms with van der Waals surface area (Å²) in [7, 11) is -3.72. The first-order valence-corrected chi connectivity index (χ1v) is 14.5. The van der Waals surface area contributed by atoms with Crippen molar-refractivity contribution in [2.45, 2.75) is 36.2 Å². The predicted molar refractivity (Wildman–Crippen MR) is 150 cm³/mol. The van der Waals surface area contributed by atoms with Crippen LogP contribution in [0, 0.1) is 12.8 Å². The first-order valence-electron chi connectivity index (χ1n) is 12.7. The van der Waals surface area contributed by atoms with Gasteiger partial charge in [0.2, 0.25) is 10.0 Å². The highest BCUT2D eigenvalue weighted by Gasteiger charge is 2.52. The fourth-order valence-electron chi connectivity index (χ4n) is 6.06. The van der Waals surface area contributed by atoms with Crippen LogP contribution in [-0.4, -0.2) is 31.4 Å². The molecule has 4 unspecified atom stereocenters. The van der Waals surface area contributed by atoms with Gasteiger partial charge in [0.05, 0.1) is 4.90 Å². The summed E-state index contributed by atoms with van der Waals surface area (Å²) in [4.78, 5) is 0.339. The van der Waals surface area contributed by atoms with E-state index in [2.05, 4.69) is 29.6 Å². The fraction of sp³-hybridized carbons (Fsp3) is 0.226. The zero-order chi connectivity index (χ0) is 25.6. The van der Waals surface area contributed by atoms with Gasteiger partial charge < -0.3 is 5.32 Å². The van der Waals surface area contributed by atoms with Crippen molar-refractivity contribution in [3.05, 3.63) is 130 Å². The third-order valence-corrected chi connectivity index (χ3v) is 9.95. The Morgan fingerprint density at radius 3 is 2.27 bits per heavy atom. The molecule has 0 spiro atoms. The molecule has 188 valence electrons. The molecule has 1 N–H and O–H groups in total. The van der Waals surface area contributed by atoms with Gasteiger partial charge in [0.15, 0.2) is 0 Å². The molecule has 1 fully saturated rings. The zero-order valence-corrected chi connectivity index (χ0v) is 22.2. The average molecular weight is 529 g/mol. The van der Waals surface area contributed by atoms with E-state index >= 15 is 0 Å². The highest BCUT2D eigenvalue weighted by atomic mass is 35.5. The van der Waals surface area contributed by atoms with E-state index in [1.807, 2.05) is 73.7 Å². The van der Waals surface area contributed by atoms with Crippen LogP contribution in [-0.2, 0) is 16.4 Å². The molecule has 0 amide bonds. The van der Waals surface area contributed by atoms with Crippen LogP contribution < -0.4 is 5.32 Å². The lowest BCUT2D eigenvalue weighted by Crippen LogP contribution is -2.46. The molecule has 37 heavy (non-hydrogen) atoms. The normalized spacial score (nSPS) is 23.2. The highest BCUT2D eigenvalue weighted by Crippen LogP contribution is 2.49. The first kappa shape index (κ1) is 24.2. The Hall–Kier alpha value is -3.12. The van der Waals surface area contributed by atoms with E-state index in [0.29, 0.717) is 22.9 Å². The smallest absolute Gasteiger partial charge is 0.243 e. The van der Waals surface area contributed by atoms with E-state index in [1.165, 1.54) is 5.56 Å². The quantitative estimate of drug-likeness (QED) is 0.321. The fourth-order valence-corrected chi connectivity index (χ4v) is 7.93. The van der Waals surface area contributed by atoms with Crippen LogP contribution in [0.5, 0.6) is 0 Å². The van der Waals surface area contributed by atoms with Gasteiger partial charge in [-0.05, 0) is 60.4 Å². The van der Waals surface area contributed by atoms with E-state index in [-0.39, 0.29) is 23.9 Å². The SMILES string of the molecule is Cc1ccc(S(=O)(=O)N2CC3C(c4ccccc4)c4cc(Cl)ccc4NC3C2Cc2ccccc2)cc1. The van der Waals surface area contributed by atoms with Crippen LogP contribution in [0.25, 0.3) is 0 Å². The first-order chi connectivity index (χ1) is 17.9. The number of sulfonamides is 1. The predicted octanol–water partition coefficient (Wildman–Crippen LogP) is 6.51. The summed E-state index contributed by atoms with van der Waals surface area (Å²) in [6.45, 7) is 2.40. The van der Waals surface area contributed by atoms with E-state index in [4.69, 9.17) is 11.6 Å². The van der Waals surface area contributed by atoms with Crippen LogP contribution in [0.15, 0.2) is 108 Å². The van der Waals surface area contributed by atoms with E-state index < -0.39 is 10.0 Å². The summed E-state index contributed by atoms with van der Waals surface area (Å²) in [5, 5.41) is 4.44. The maximum absolute atomic E-state index is 14.1. The lowest BCUT2D eigenvalue weighted by atomic mass is 9.73. The average Bonchev–Trinajstić information content (AvgIpc) is 3.27. The number of halogens is 1. The minimum Gasteiger partial charge on any atom is -0.380 e. The minimum absolute atomic E-state index is 0.0256. The summed E-state index contributed by atoms with van der Waals surface area (Å²) >= 11 is 6.47. The van der Waals surface area contributed by atoms with Gasteiger partial charge in [0.25, 0.3) is 0 Å². The summed E-state index contributed by atoms with van der Waals surface area (Å²) in [6.07, 6.45) is 0.629. The summed E-state index contributed by atoms with van der Waals surface area (Å²) < 4.78 is 30.0. The Balaban J connectivity index is 1.49. The Labute approximate surface area is 224 Å². The number of nitrogens with zero attached hydrogens (tertiary/aromatic N) is 1. The molecular weight excluding hydrogens is 500 g/mol. The van der Waals surface area contributed by atoms with Crippen LogP contribution in [0.1, 0.15) is 28.2 Å². The minimum atomic E-state index is -3.72. The van der Waals surface area contributed by atoms with Crippen LogP contribution in [0.3, 0.4) is 0 Å². The molecule has 4 aromatic carbocycles. The van der Waals surface area contributed by atoms with Crippen molar-refractivity contribution in [3.8, 4) is 0 Å². The van der Waals surface area contributed by atoms with Crippen molar-refractivity contribution < 1.29 is 8.42 Å². The number of benzene rings is 4. The van der Waals surface area contributed by atoms with Crippen LogP contribution >= 0.6 is 11.6 Å². The largest absolute Gasteiger partial charge is 0.380 e. The molecule has 0 bridgehead atoms. The molecule has 1 saturated heterocycles. The topological polar surface area (TPSA) is 49.4 Å². The van der Waals surface area contributed by atoms with Crippen LogP contribution in [0.2, 0.25) is 5.02 Å². The molecule has 4 aromatic rings. The third-order valence-electron chi connectivity index (χ3n) is 7.81. The Morgan fingerprint density at radius 2 is 1.57 bits per heavy atom. The molecule has 2 heterocycles. The molecule has 0 radical (unpaired) electrons.